The Kier molecular flexibility index (Phi) is 7.05. The van der Waals surface area contributed by atoms with Gasteiger partial charge in [-0.2, -0.15) is 4.98 Å². The van der Waals surface area contributed by atoms with Crippen molar-refractivity contribution in [2.24, 2.45) is 7.05 Å². The summed E-state index contributed by atoms with van der Waals surface area (Å²) in [5.74, 6) is 1.15. The van der Waals surface area contributed by atoms with Crippen LogP contribution in [0.15, 0.2) is 35.3 Å². The average molecular weight is 490 g/mol. The Bertz CT molecular complexity index is 1240. The number of carbonyl (C=O) groups is 1. The quantitative estimate of drug-likeness (QED) is 0.495. The zero-order valence-corrected chi connectivity index (χ0v) is 20.0. The molecule has 1 aliphatic heterocycles. The molecular formula is C23H25Cl2N5O3. The SMILES string of the molecule is CCC(=O)COc1cc2cc(Nc3nc(N4CCC(Cl)CC4)ncc3Cl)ccc2n(C)c1=O. The van der Waals surface area contributed by atoms with Gasteiger partial charge < -0.3 is 19.5 Å². The summed E-state index contributed by atoms with van der Waals surface area (Å²) in [5.41, 5.74) is 1.18. The normalized spacial score (nSPS) is 14.5. The van der Waals surface area contributed by atoms with Gasteiger partial charge in [0.1, 0.15) is 11.6 Å². The van der Waals surface area contributed by atoms with Gasteiger partial charge in [0.25, 0.3) is 5.56 Å². The number of aromatic nitrogens is 3. The van der Waals surface area contributed by atoms with Crippen molar-refractivity contribution >= 4 is 57.3 Å². The van der Waals surface area contributed by atoms with Gasteiger partial charge >= 0.3 is 0 Å². The van der Waals surface area contributed by atoms with Crippen molar-refractivity contribution in [3.8, 4) is 5.75 Å². The number of aryl methyl sites for hydroxylation is 1. The van der Waals surface area contributed by atoms with Gasteiger partial charge in [0.15, 0.2) is 17.4 Å². The summed E-state index contributed by atoms with van der Waals surface area (Å²) in [7, 11) is 1.67. The fourth-order valence-corrected chi connectivity index (χ4v) is 4.01. The molecular weight excluding hydrogens is 465 g/mol. The Hall–Kier alpha value is -2.84. The van der Waals surface area contributed by atoms with Gasteiger partial charge in [-0.15, -0.1) is 11.6 Å². The Morgan fingerprint density at radius 3 is 2.76 bits per heavy atom. The molecule has 3 aromatic rings. The van der Waals surface area contributed by atoms with Crippen molar-refractivity contribution in [1.29, 1.82) is 0 Å². The first-order valence-corrected chi connectivity index (χ1v) is 11.6. The van der Waals surface area contributed by atoms with Crippen molar-refractivity contribution in [2.75, 3.05) is 29.9 Å². The fraction of sp³-hybridized carbons (Fsp3) is 0.391. The molecule has 0 radical (unpaired) electrons. The maximum absolute atomic E-state index is 12.6. The van der Waals surface area contributed by atoms with E-state index in [1.807, 2.05) is 18.2 Å². The molecule has 0 amide bonds. The number of halogens is 2. The van der Waals surface area contributed by atoms with Crippen molar-refractivity contribution in [3.05, 3.63) is 45.8 Å². The van der Waals surface area contributed by atoms with Gasteiger partial charge in [-0.3, -0.25) is 9.59 Å². The fourth-order valence-electron chi connectivity index (χ4n) is 3.68. The standard InChI is InChI=1S/C23H25Cl2N5O3/c1-3-17(31)13-33-20-11-14-10-16(4-5-19(14)29(2)22(20)32)27-21-18(25)12-26-23(28-21)30-8-6-15(24)7-9-30/h4-5,10-12,15H,3,6-9,13H2,1-2H3,(H,26,27,28). The summed E-state index contributed by atoms with van der Waals surface area (Å²) in [4.78, 5) is 35.3. The summed E-state index contributed by atoms with van der Waals surface area (Å²) >= 11 is 12.6. The van der Waals surface area contributed by atoms with E-state index >= 15 is 0 Å². The number of nitrogens with zero attached hydrogens (tertiary/aromatic N) is 4. The minimum atomic E-state index is -0.295. The number of benzene rings is 1. The largest absolute Gasteiger partial charge is 0.480 e. The summed E-state index contributed by atoms with van der Waals surface area (Å²) in [6.45, 7) is 3.21. The highest BCUT2D eigenvalue weighted by Crippen LogP contribution is 2.28. The van der Waals surface area contributed by atoms with E-state index in [4.69, 9.17) is 27.9 Å². The number of ketones is 1. The molecule has 33 heavy (non-hydrogen) atoms. The van der Waals surface area contributed by atoms with Crippen molar-refractivity contribution < 1.29 is 9.53 Å². The van der Waals surface area contributed by atoms with E-state index in [1.165, 1.54) is 4.57 Å². The van der Waals surface area contributed by atoms with Crippen LogP contribution >= 0.6 is 23.2 Å². The van der Waals surface area contributed by atoms with E-state index in [9.17, 15) is 9.59 Å². The zero-order chi connectivity index (χ0) is 23.5. The average Bonchev–Trinajstić information content (AvgIpc) is 2.82. The highest BCUT2D eigenvalue weighted by molar-refractivity contribution is 6.32. The molecule has 1 aliphatic rings. The minimum Gasteiger partial charge on any atom is -0.480 e. The molecule has 0 atom stereocenters. The maximum Gasteiger partial charge on any atom is 0.293 e. The molecule has 1 N–H and O–H groups in total. The minimum absolute atomic E-state index is 0.0722. The molecule has 0 bridgehead atoms. The number of hydrogen-bond donors (Lipinski definition) is 1. The second-order valence-electron chi connectivity index (χ2n) is 7.98. The van der Waals surface area contributed by atoms with E-state index in [0.717, 1.165) is 42.5 Å². The van der Waals surface area contributed by atoms with Crippen LogP contribution in [0, 0.1) is 0 Å². The molecule has 174 valence electrons. The number of nitrogens with one attached hydrogen (secondary N) is 1. The molecule has 0 spiro atoms. The highest BCUT2D eigenvalue weighted by Gasteiger charge is 2.20. The number of ether oxygens (including phenoxy) is 1. The van der Waals surface area contributed by atoms with Crippen LogP contribution in [0.2, 0.25) is 5.02 Å². The Morgan fingerprint density at radius 1 is 1.27 bits per heavy atom. The van der Waals surface area contributed by atoms with Crippen LogP contribution < -0.4 is 20.5 Å². The van der Waals surface area contributed by atoms with Gasteiger partial charge in [0.05, 0.1) is 11.7 Å². The van der Waals surface area contributed by atoms with Gasteiger partial charge in [-0.1, -0.05) is 18.5 Å². The molecule has 1 saturated heterocycles. The van der Waals surface area contributed by atoms with Crippen LogP contribution in [-0.4, -0.2) is 45.4 Å². The van der Waals surface area contributed by atoms with Crippen molar-refractivity contribution in [2.45, 2.75) is 31.6 Å². The van der Waals surface area contributed by atoms with Crippen LogP contribution in [0.5, 0.6) is 5.75 Å². The third-order valence-electron chi connectivity index (χ3n) is 5.68. The zero-order valence-electron chi connectivity index (χ0n) is 18.5. The van der Waals surface area contributed by atoms with Gasteiger partial charge in [0, 0.05) is 43.0 Å². The number of pyridine rings is 1. The predicted molar refractivity (Wildman–Crippen MR) is 131 cm³/mol. The number of alkyl halides is 1. The molecule has 4 rings (SSSR count). The van der Waals surface area contributed by atoms with Crippen LogP contribution in [0.1, 0.15) is 26.2 Å². The first kappa shape index (κ1) is 23.3. The lowest BCUT2D eigenvalue weighted by molar-refractivity contribution is -0.120. The number of hydrogen-bond acceptors (Lipinski definition) is 7. The number of piperidine rings is 1. The second-order valence-corrected chi connectivity index (χ2v) is 9.00. The summed E-state index contributed by atoms with van der Waals surface area (Å²) < 4.78 is 6.99. The Morgan fingerprint density at radius 2 is 2.03 bits per heavy atom. The molecule has 10 heteroatoms. The van der Waals surface area contributed by atoms with Crippen molar-refractivity contribution in [3.63, 3.8) is 0 Å². The van der Waals surface area contributed by atoms with E-state index in [0.29, 0.717) is 23.2 Å². The first-order valence-electron chi connectivity index (χ1n) is 10.8. The number of carbonyl (C=O) groups excluding carboxylic acids is 1. The molecule has 8 nitrogen and oxygen atoms in total. The first-order chi connectivity index (χ1) is 15.9. The monoisotopic (exact) mass is 489 g/mol. The Labute approximate surface area is 201 Å². The van der Waals surface area contributed by atoms with E-state index in [1.54, 1.807) is 26.2 Å². The molecule has 0 saturated carbocycles. The van der Waals surface area contributed by atoms with Gasteiger partial charge in [-0.05, 0) is 37.1 Å². The van der Waals surface area contributed by atoms with Crippen LogP contribution in [0.3, 0.4) is 0 Å². The van der Waals surface area contributed by atoms with E-state index in [2.05, 4.69) is 20.2 Å². The molecule has 2 aromatic heterocycles. The predicted octanol–water partition coefficient (Wildman–Crippen LogP) is 4.29. The van der Waals surface area contributed by atoms with Gasteiger partial charge in [0.2, 0.25) is 5.95 Å². The van der Waals surface area contributed by atoms with E-state index < -0.39 is 0 Å². The highest BCUT2D eigenvalue weighted by atomic mass is 35.5. The lowest BCUT2D eigenvalue weighted by atomic mass is 10.1. The van der Waals surface area contributed by atoms with Crippen molar-refractivity contribution in [1.82, 2.24) is 14.5 Å². The maximum atomic E-state index is 12.6. The Balaban J connectivity index is 1.61. The number of fused-ring (bicyclic) bond motifs is 1. The topological polar surface area (TPSA) is 89.3 Å². The van der Waals surface area contributed by atoms with Gasteiger partial charge in [-0.25, -0.2) is 4.98 Å². The number of Topliss-reactive ketones (excluding diaryl/α,β-unsaturated/α-hetero) is 1. The molecule has 0 aliphatic carbocycles. The van der Waals surface area contributed by atoms with Crippen LogP contribution in [0.25, 0.3) is 10.9 Å². The van der Waals surface area contributed by atoms with Crippen LogP contribution in [0.4, 0.5) is 17.5 Å². The third-order valence-corrected chi connectivity index (χ3v) is 6.39. The molecule has 1 fully saturated rings. The molecule has 1 aromatic carbocycles. The summed E-state index contributed by atoms with van der Waals surface area (Å²) in [5, 5.41) is 4.61. The number of rotatable bonds is 7. The summed E-state index contributed by atoms with van der Waals surface area (Å²) in [6.07, 6.45) is 3.70. The molecule has 0 unspecified atom stereocenters. The lowest BCUT2D eigenvalue weighted by Gasteiger charge is -2.29. The van der Waals surface area contributed by atoms with E-state index in [-0.39, 0.29) is 29.1 Å². The summed E-state index contributed by atoms with van der Waals surface area (Å²) in [6, 6.07) is 7.21. The molecule has 3 heterocycles. The lowest BCUT2D eigenvalue weighted by Crippen LogP contribution is -2.35. The number of anilines is 3. The van der Waals surface area contributed by atoms with Crippen LogP contribution in [-0.2, 0) is 11.8 Å². The smallest absolute Gasteiger partial charge is 0.293 e. The third kappa shape index (κ3) is 5.23. The second kappa shape index (κ2) is 9.97.